The monoisotopic (exact) mass is 225 g/mol. The van der Waals surface area contributed by atoms with E-state index in [2.05, 4.69) is 21.8 Å². The molecule has 1 rings (SSSR count). The van der Waals surface area contributed by atoms with Crippen molar-refractivity contribution >= 4 is 0 Å². The summed E-state index contributed by atoms with van der Waals surface area (Å²) in [5, 5.41) is 3.49. The highest BCUT2D eigenvalue weighted by atomic mass is 16.5. The molecule has 16 heavy (non-hydrogen) atoms. The van der Waals surface area contributed by atoms with Crippen LogP contribution in [0.3, 0.4) is 0 Å². The van der Waals surface area contributed by atoms with E-state index in [9.17, 15) is 0 Å². The molecule has 1 unspecified atom stereocenters. The zero-order valence-corrected chi connectivity index (χ0v) is 10.4. The Morgan fingerprint density at radius 2 is 2.31 bits per heavy atom. The van der Waals surface area contributed by atoms with Crippen LogP contribution in [0.25, 0.3) is 0 Å². The Morgan fingerprint density at radius 1 is 1.44 bits per heavy atom. The predicted octanol–water partition coefficient (Wildman–Crippen LogP) is 1.68. The third-order valence-electron chi connectivity index (χ3n) is 2.65. The van der Waals surface area contributed by atoms with E-state index in [0.717, 1.165) is 26.1 Å². The van der Waals surface area contributed by atoms with Gasteiger partial charge in [-0.1, -0.05) is 0 Å². The Balaban J connectivity index is 1.91. The van der Waals surface area contributed by atoms with E-state index in [0.29, 0.717) is 6.04 Å². The molecule has 1 N–H and O–H groups in total. The number of aromatic nitrogens is 2. The summed E-state index contributed by atoms with van der Waals surface area (Å²) in [7, 11) is 1.75. The van der Waals surface area contributed by atoms with Crippen LogP contribution in [0.2, 0.25) is 0 Å². The molecule has 0 fully saturated rings. The van der Waals surface area contributed by atoms with E-state index < -0.39 is 0 Å². The molecule has 0 bridgehead atoms. The number of hydrogen-bond donors (Lipinski definition) is 1. The average molecular weight is 225 g/mol. The molecule has 0 saturated heterocycles. The van der Waals surface area contributed by atoms with E-state index in [1.54, 1.807) is 7.11 Å². The summed E-state index contributed by atoms with van der Waals surface area (Å²) in [5.41, 5.74) is 0. The number of hydrogen-bond acceptors (Lipinski definition) is 3. The molecule has 1 heterocycles. The van der Waals surface area contributed by atoms with Crippen LogP contribution in [0, 0.1) is 0 Å². The molecule has 4 heteroatoms. The maximum atomic E-state index is 5.04. The fourth-order valence-electron chi connectivity index (χ4n) is 1.58. The highest BCUT2D eigenvalue weighted by molar-refractivity contribution is 4.73. The maximum absolute atomic E-state index is 5.04. The van der Waals surface area contributed by atoms with Crippen LogP contribution >= 0.6 is 0 Å². The summed E-state index contributed by atoms with van der Waals surface area (Å²) in [5.74, 6) is 0. The second-order valence-electron chi connectivity index (χ2n) is 4.14. The quantitative estimate of drug-likeness (QED) is 0.650. The Bertz CT molecular complexity index is 249. The largest absolute Gasteiger partial charge is 0.385 e. The van der Waals surface area contributed by atoms with Gasteiger partial charge >= 0.3 is 0 Å². The van der Waals surface area contributed by atoms with Gasteiger partial charge in [0.2, 0.25) is 0 Å². The smallest absolute Gasteiger partial charge is 0.0945 e. The second-order valence-corrected chi connectivity index (χ2v) is 4.14. The second kappa shape index (κ2) is 8.30. The molecule has 0 saturated carbocycles. The maximum Gasteiger partial charge on any atom is 0.0945 e. The molecule has 92 valence electrons. The number of nitrogens with one attached hydrogen (secondary N) is 1. The van der Waals surface area contributed by atoms with E-state index in [4.69, 9.17) is 4.74 Å². The molecule has 0 aliphatic rings. The van der Waals surface area contributed by atoms with Crippen molar-refractivity contribution in [3.63, 3.8) is 0 Å². The van der Waals surface area contributed by atoms with Gasteiger partial charge in [-0.05, 0) is 32.7 Å². The average Bonchev–Trinajstić information content (AvgIpc) is 2.79. The van der Waals surface area contributed by atoms with Gasteiger partial charge in [0.25, 0.3) is 0 Å². The third kappa shape index (κ3) is 5.88. The van der Waals surface area contributed by atoms with Gasteiger partial charge in [-0.2, -0.15) is 0 Å². The van der Waals surface area contributed by atoms with E-state index in [-0.39, 0.29) is 0 Å². The molecular weight excluding hydrogens is 202 g/mol. The Hall–Kier alpha value is -0.870. The molecule has 1 atom stereocenters. The summed E-state index contributed by atoms with van der Waals surface area (Å²) in [6.07, 6.45) is 9.18. The lowest BCUT2D eigenvalue weighted by Crippen LogP contribution is -2.28. The fourth-order valence-corrected chi connectivity index (χ4v) is 1.58. The van der Waals surface area contributed by atoms with E-state index in [1.807, 2.05) is 18.7 Å². The molecule has 4 nitrogen and oxygen atoms in total. The van der Waals surface area contributed by atoms with Crippen LogP contribution in [-0.4, -0.2) is 35.9 Å². The standard InChI is InChI=1S/C12H23N3O/c1-12(5-10-16-2)14-6-3-4-8-15-9-7-13-11-15/h7,9,11-12,14H,3-6,8,10H2,1-2H3. The van der Waals surface area contributed by atoms with E-state index >= 15 is 0 Å². The Kier molecular flexibility index (Phi) is 6.85. The lowest BCUT2D eigenvalue weighted by atomic mass is 10.2. The van der Waals surface area contributed by atoms with Crippen LogP contribution in [0.4, 0.5) is 0 Å². The van der Waals surface area contributed by atoms with Gasteiger partial charge in [0, 0.05) is 38.7 Å². The Labute approximate surface area is 98.0 Å². The Morgan fingerprint density at radius 3 is 3.00 bits per heavy atom. The van der Waals surface area contributed by atoms with Crippen LogP contribution in [0.1, 0.15) is 26.2 Å². The van der Waals surface area contributed by atoms with Crippen molar-refractivity contribution in [2.75, 3.05) is 20.3 Å². The zero-order valence-electron chi connectivity index (χ0n) is 10.4. The minimum atomic E-state index is 0.549. The van der Waals surface area contributed by atoms with E-state index in [1.165, 1.54) is 12.8 Å². The minimum Gasteiger partial charge on any atom is -0.385 e. The molecule has 0 spiro atoms. The highest BCUT2D eigenvalue weighted by Gasteiger charge is 1.99. The van der Waals surface area contributed by atoms with Crippen LogP contribution in [0.15, 0.2) is 18.7 Å². The highest BCUT2D eigenvalue weighted by Crippen LogP contribution is 1.96. The van der Waals surface area contributed by atoms with Crippen molar-refractivity contribution in [3.8, 4) is 0 Å². The first-order chi connectivity index (χ1) is 7.83. The van der Waals surface area contributed by atoms with Crippen molar-refractivity contribution in [3.05, 3.63) is 18.7 Å². The van der Waals surface area contributed by atoms with Crippen LogP contribution < -0.4 is 5.32 Å². The van der Waals surface area contributed by atoms with Gasteiger partial charge < -0.3 is 14.6 Å². The summed E-state index contributed by atoms with van der Waals surface area (Å²) >= 11 is 0. The number of rotatable bonds is 9. The SMILES string of the molecule is COCCC(C)NCCCCn1ccnc1. The topological polar surface area (TPSA) is 39.1 Å². The predicted molar refractivity (Wildman–Crippen MR) is 65.4 cm³/mol. The van der Waals surface area contributed by atoms with Gasteiger partial charge in [0.15, 0.2) is 0 Å². The summed E-state index contributed by atoms with van der Waals surface area (Å²) in [4.78, 5) is 4.02. The normalized spacial score (nSPS) is 12.9. The lowest BCUT2D eigenvalue weighted by Gasteiger charge is -2.12. The van der Waals surface area contributed by atoms with Crippen LogP contribution in [-0.2, 0) is 11.3 Å². The zero-order chi connectivity index (χ0) is 11.6. The van der Waals surface area contributed by atoms with Crippen molar-refractivity contribution in [2.24, 2.45) is 0 Å². The van der Waals surface area contributed by atoms with Crippen molar-refractivity contribution in [1.82, 2.24) is 14.9 Å². The van der Waals surface area contributed by atoms with Gasteiger partial charge in [0.05, 0.1) is 6.33 Å². The number of imidazole rings is 1. The first kappa shape index (κ1) is 13.2. The molecule has 0 amide bonds. The van der Waals surface area contributed by atoms with Gasteiger partial charge in [0.1, 0.15) is 0 Å². The number of aryl methyl sites for hydroxylation is 1. The van der Waals surface area contributed by atoms with Crippen molar-refractivity contribution in [1.29, 1.82) is 0 Å². The number of nitrogens with zero attached hydrogens (tertiary/aromatic N) is 2. The third-order valence-corrected chi connectivity index (χ3v) is 2.65. The summed E-state index contributed by atoms with van der Waals surface area (Å²) < 4.78 is 7.16. The van der Waals surface area contributed by atoms with Crippen molar-refractivity contribution in [2.45, 2.75) is 38.8 Å². The minimum absolute atomic E-state index is 0.549. The molecule has 0 aromatic carbocycles. The van der Waals surface area contributed by atoms with Crippen LogP contribution in [0.5, 0.6) is 0 Å². The molecule has 1 aromatic rings. The molecule has 1 aromatic heterocycles. The first-order valence-electron chi connectivity index (χ1n) is 6.01. The lowest BCUT2D eigenvalue weighted by molar-refractivity contribution is 0.185. The number of ether oxygens (including phenoxy) is 1. The number of unbranched alkanes of at least 4 members (excludes halogenated alkanes) is 1. The first-order valence-corrected chi connectivity index (χ1v) is 6.01. The molecule has 0 aliphatic carbocycles. The molecule has 0 aliphatic heterocycles. The summed E-state index contributed by atoms with van der Waals surface area (Å²) in [6.45, 7) is 5.19. The van der Waals surface area contributed by atoms with Crippen molar-refractivity contribution < 1.29 is 4.74 Å². The van der Waals surface area contributed by atoms with Gasteiger partial charge in [-0.15, -0.1) is 0 Å². The molecular formula is C12H23N3O. The van der Waals surface area contributed by atoms with Gasteiger partial charge in [-0.3, -0.25) is 0 Å². The fraction of sp³-hybridized carbons (Fsp3) is 0.750. The number of methoxy groups -OCH3 is 1. The van der Waals surface area contributed by atoms with Gasteiger partial charge in [-0.25, -0.2) is 4.98 Å². The molecule has 0 radical (unpaired) electrons. The summed E-state index contributed by atoms with van der Waals surface area (Å²) in [6, 6.07) is 0.549.